The Morgan fingerprint density at radius 3 is 2.59 bits per heavy atom. The van der Waals surface area contributed by atoms with Crippen LogP contribution in [0.25, 0.3) is 10.8 Å². The van der Waals surface area contributed by atoms with Crippen LogP contribution in [0.3, 0.4) is 0 Å². The van der Waals surface area contributed by atoms with Crippen molar-refractivity contribution in [2.75, 3.05) is 6.61 Å². The minimum Gasteiger partial charge on any atom is -0.493 e. The normalized spacial score (nSPS) is 10.1. The Balaban J connectivity index is 2.51. The average molecular weight is 224 g/mol. The van der Waals surface area contributed by atoms with Crippen LogP contribution < -0.4 is 4.74 Å². The zero-order valence-electron chi connectivity index (χ0n) is 10.1. The molecule has 2 aromatic rings. The number of fused-ring (bicyclic) bond motifs is 1. The Bertz CT molecular complexity index is 549. The molecule has 0 aliphatic carbocycles. The molecule has 0 aliphatic rings. The molecule has 0 atom stereocenters. The fourth-order valence-electron chi connectivity index (χ4n) is 1.94. The van der Waals surface area contributed by atoms with Crippen LogP contribution in [-0.2, 0) is 6.42 Å². The van der Waals surface area contributed by atoms with Gasteiger partial charge < -0.3 is 4.74 Å². The third-order valence-corrected chi connectivity index (χ3v) is 2.73. The van der Waals surface area contributed by atoms with E-state index in [1.165, 1.54) is 10.9 Å². The number of hydrogen-bond donors (Lipinski definition) is 0. The number of ether oxygens (including phenoxy) is 1. The molecule has 1 nitrogen and oxygen atoms in total. The monoisotopic (exact) mass is 224 g/mol. The standard InChI is InChI=1S/C16H16O/c1-3-7-13-10-11-16(17-12-4-2)15-9-6-5-8-14(13)15/h1,5-6,8-11H,4,7,12H2,2H3. The van der Waals surface area contributed by atoms with Gasteiger partial charge in [0.15, 0.2) is 0 Å². The van der Waals surface area contributed by atoms with Crippen LogP contribution in [0, 0.1) is 12.3 Å². The van der Waals surface area contributed by atoms with E-state index in [4.69, 9.17) is 11.2 Å². The second-order valence-corrected chi connectivity index (χ2v) is 4.00. The average Bonchev–Trinajstić information content (AvgIpc) is 2.38. The van der Waals surface area contributed by atoms with Crippen molar-refractivity contribution in [3.8, 4) is 18.1 Å². The predicted octanol–water partition coefficient (Wildman–Crippen LogP) is 3.80. The summed E-state index contributed by atoms with van der Waals surface area (Å²) in [5.41, 5.74) is 1.19. The highest BCUT2D eigenvalue weighted by molar-refractivity contribution is 5.91. The van der Waals surface area contributed by atoms with Gasteiger partial charge in [-0.3, -0.25) is 0 Å². The quantitative estimate of drug-likeness (QED) is 0.718. The minimum atomic E-state index is 0.661. The molecule has 1 heteroatoms. The SMILES string of the molecule is C#CCc1ccc(OCCC)c2ccccc12. The smallest absolute Gasteiger partial charge is 0.127 e. The molecule has 0 saturated carbocycles. The van der Waals surface area contributed by atoms with Gasteiger partial charge in [0.1, 0.15) is 5.75 Å². The number of benzene rings is 2. The summed E-state index contributed by atoms with van der Waals surface area (Å²) in [5.74, 6) is 3.65. The number of hydrogen-bond acceptors (Lipinski definition) is 1. The number of rotatable bonds is 4. The van der Waals surface area contributed by atoms with Gasteiger partial charge in [-0.1, -0.05) is 37.3 Å². The largest absolute Gasteiger partial charge is 0.493 e. The molecular formula is C16H16O. The Labute approximate surface area is 102 Å². The lowest BCUT2D eigenvalue weighted by molar-refractivity contribution is 0.321. The summed E-state index contributed by atoms with van der Waals surface area (Å²) < 4.78 is 5.75. The van der Waals surface area contributed by atoms with Crippen molar-refractivity contribution in [1.29, 1.82) is 0 Å². The van der Waals surface area contributed by atoms with E-state index in [0.29, 0.717) is 6.42 Å². The Hall–Kier alpha value is -1.94. The zero-order valence-corrected chi connectivity index (χ0v) is 10.1. The molecule has 86 valence electrons. The Morgan fingerprint density at radius 2 is 1.88 bits per heavy atom. The Morgan fingerprint density at radius 1 is 1.12 bits per heavy atom. The highest BCUT2D eigenvalue weighted by Crippen LogP contribution is 2.28. The number of terminal acetylenes is 1. The van der Waals surface area contributed by atoms with E-state index < -0.39 is 0 Å². The molecule has 0 aliphatic heterocycles. The molecule has 0 amide bonds. The molecular weight excluding hydrogens is 208 g/mol. The maximum absolute atomic E-state index is 5.75. The van der Waals surface area contributed by atoms with Gasteiger partial charge in [0.25, 0.3) is 0 Å². The summed E-state index contributed by atoms with van der Waals surface area (Å²) in [6, 6.07) is 12.3. The van der Waals surface area contributed by atoms with Crippen LogP contribution in [0.5, 0.6) is 5.75 Å². The highest BCUT2D eigenvalue weighted by atomic mass is 16.5. The fraction of sp³-hybridized carbons (Fsp3) is 0.250. The summed E-state index contributed by atoms with van der Waals surface area (Å²) in [5, 5.41) is 2.34. The second-order valence-electron chi connectivity index (χ2n) is 4.00. The van der Waals surface area contributed by atoms with Crippen molar-refractivity contribution >= 4 is 10.8 Å². The van der Waals surface area contributed by atoms with Crippen molar-refractivity contribution in [1.82, 2.24) is 0 Å². The molecule has 0 saturated heterocycles. The highest BCUT2D eigenvalue weighted by Gasteiger charge is 2.05. The summed E-state index contributed by atoms with van der Waals surface area (Å²) in [7, 11) is 0. The molecule has 17 heavy (non-hydrogen) atoms. The van der Waals surface area contributed by atoms with Crippen molar-refractivity contribution in [3.63, 3.8) is 0 Å². The fourth-order valence-corrected chi connectivity index (χ4v) is 1.94. The summed E-state index contributed by atoms with van der Waals surface area (Å²) in [4.78, 5) is 0. The minimum absolute atomic E-state index is 0.661. The van der Waals surface area contributed by atoms with Crippen LogP contribution in [0.15, 0.2) is 36.4 Å². The summed E-state index contributed by atoms with van der Waals surface area (Å²) in [6.07, 6.45) is 7.06. The van der Waals surface area contributed by atoms with Crippen LogP contribution in [0.1, 0.15) is 18.9 Å². The molecule has 0 heterocycles. The maximum atomic E-state index is 5.75. The lowest BCUT2D eigenvalue weighted by atomic mass is 10.0. The van der Waals surface area contributed by atoms with E-state index in [9.17, 15) is 0 Å². The van der Waals surface area contributed by atoms with Crippen LogP contribution in [0.4, 0.5) is 0 Å². The van der Waals surface area contributed by atoms with Gasteiger partial charge in [0, 0.05) is 11.8 Å². The first-order chi connectivity index (χ1) is 8.36. The van der Waals surface area contributed by atoms with Gasteiger partial charge in [-0.05, 0) is 23.4 Å². The van der Waals surface area contributed by atoms with E-state index in [2.05, 4.69) is 31.0 Å². The maximum Gasteiger partial charge on any atom is 0.127 e. The first kappa shape index (κ1) is 11.5. The van der Waals surface area contributed by atoms with E-state index in [1.54, 1.807) is 0 Å². The third kappa shape index (κ3) is 2.42. The van der Waals surface area contributed by atoms with Crippen molar-refractivity contribution in [3.05, 3.63) is 42.0 Å². The first-order valence-corrected chi connectivity index (χ1v) is 5.93. The van der Waals surface area contributed by atoms with E-state index >= 15 is 0 Å². The van der Waals surface area contributed by atoms with E-state index in [-0.39, 0.29) is 0 Å². The van der Waals surface area contributed by atoms with Crippen LogP contribution in [-0.4, -0.2) is 6.61 Å². The third-order valence-electron chi connectivity index (χ3n) is 2.73. The van der Waals surface area contributed by atoms with Crippen LogP contribution in [0.2, 0.25) is 0 Å². The van der Waals surface area contributed by atoms with Crippen molar-refractivity contribution < 1.29 is 4.74 Å². The molecule has 0 N–H and O–H groups in total. The first-order valence-electron chi connectivity index (χ1n) is 5.93. The Kier molecular flexibility index (Phi) is 3.67. The zero-order chi connectivity index (χ0) is 12.1. The van der Waals surface area contributed by atoms with Crippen LogP contribution >= 0.6 is 0 Å². The van der Waals surface area contributed by atoms with Gasteiger partial charge in [-0.15, -0.1) is 12.3 Å². The van der Waals surface area contributed by atoms with Gasteiger partial charge in [0.2, 0.25) is 0 Å². The molecule has 0 fully saturated rings. The molecule has 0 spiro atoms. The van der Waals surface area contributed by atoms with Gasteiger partial charge in [-0.2, -0.15) is 0 Å². The van der Waals surface area contributed by atoms with Crippen molar-refractivity contribution in [2.45, 2.75) is 19.8 Å². The van der Waals surface area contributed by atoms with Gasteiger partial charge >= 0.3 is 0 Å². The van der Waals surface area contributed by atoms with Crippen molar-refractivity contribution in [2.24, 2.45) is 0 Å². The second kappa shape index (κ2) is 5.41. The molecule has 0 aromatic heterocycles. The van der Waals surface area contributed by atoms with Gasteiger partial charge in [0.05, 0.1) is 6.61 Å². The predicted molar refractivity (Wildman–Crippen MR) is 72.3 cm³/mol. The van der Waals surface area contributed by atoms with Gasteiger partial charge in [-0.25, -0.2) is 0 Å². The molecule has 0 unspecified atom stereocenters. The topological polar surface area (TPSA) is 9.23 Å². The molecule has 2 rings (SSSR count). The lowest BCUT2D eigenvalue weighted by Crippen LogP contribution is -1.96. The molecule has 0 bridgehead atoms. The summed E-state index contributed by atoms with van der Waals surface area (Å²) in [6.45, 7) is 2.85. The van der Waals surface area contributed by atoms with E-state index in [0.717, 1.165) is 24.2 Å². The molecule has 0 radical (unpaired) electrons. The summed E-state index contributed by atoms with van der Waals surface area (Å²) >= 11 is 0. The molecule has 2 aromatic carbocycles. The lowest BCUT2D eigenvalue weighted by Gasteiger charge is -2.10. The van der Waals surface area contributed by atoms with E-state index in [1.807, 2.05) is 18.2 Å².